The van der Waals surface area contributed by atoms with Crippen LogP contribution in [0.15, 0.2) is 47.1 Å². The summed E-state index contributed by atoms with van der Waals surface area (Å²) in [4.78, 5) is 46.5. The molecule has 1 aromatic heterocycles. The molecule has 9 nitrogen and oxygen atoms in total. The summed E-state index contributed by atoms with van der Waals surface area (Å²) < 4.78 is 9.76. The molecule has 0 spiro atoms. The fourth-order valence-electron chi connectivity index (χ4n) is 1.99. The molecule has 0 radical (unpaired) electrons. The molecular weight excluding hydrogens is 390 g/mol. The molecule has 0 fully saturated rings. The number of furan rings is 1. The van der Waals surface area contributed by atoms with E-state index in [9.17, 15) is 19.2 Å². The van der Waals surface area contributed by atoms with E-state index in [-0.39, 0.29) is 25.4 Å². The Kier molecular flexibility index (Phi) is 8.04. The zero-order valence-electron chi connectivity index (χ0n) is 14.7. The predicted octanol–water partition coefficient (Wildman–Crippen LogP) is 1.62. The third kappa shape index (κ3) is 7.50. The number of benzene rings is 1. The van der Waals surface area contributed by atoms with Crippen molar-refractivity contribution in [3.05, 3.63) is 59.0 Å². The van der Waals surface area contributed by atoms with Crippen molar-refractivity contribution in [2.75, 3.05) is 13.2 Å². The van der Waals surface area contributed by atoms with Gasteiger partial charge in [0, 0.05) is 17.1 Å². The number of imide groups is 1. The summed E-state index contributed by atoms with van der Waals surface area (Å²) in [7, 11) is 0. The van der Waals surface area contributed by atoms with Crippen LogP contribution in [-0.2, 0) is 20.9 Å². The Morgan fingerprint density at radius 3 is 2.46 bits per heavy atom. The van der Waals surface area contributed by atoms with E-state index in [4.69, 9.17) is 20.8 Å². The Balaban J connectivity index is 1.58. The van der Waals surface area contributed by atoms with Crippen molar-refractivity contribution in [1.29, 1.82) is 0 Å². The van der Waals surface area contributed by atoms with Crippen LogP contribution in [0.25, 0.3) is 0 Å². The number of amides is 4. The summed E-state index contributed by atoms with van der Waals surface area (Å²) in [5, 5.41) is 7.47. The van der Waals surface area contributed by atoms with Gasteiger partial charge in [-0.2, -0.15) is 0 Å². The van der Waals surface area contributed by atoms with Gasteiger partial charge in [0.2, 0.25) is 0 Å². The van der Waals surface area contributed by atoms with Gasteiger partial charge in [-0.15, -0.1) is 0 Å². The molecule has 10 heteroatoms. The fourth-order valence-corrected chi connectivity index (χ4v) is 2.11. The Hall–Kier alpha value is -3.33. The normalized spacial score (nSPS) is 10.0. The van der Waals surface area contributed by atoms with Gasteiger partial charge in [-0.25, -0.2) is 4.79 Å². The quantitative estimate of drug-likeness (QED) is 0.571. The zero-order chi connectivity index (χ0) is 20.4. The first-order valence-electron chi connectivity index (χ1n) is 8.23. The molecule has 1 aromatic carbocycles. The number of halogens is 1. The minimum atomic E-state index is -0.782. The Morgan fingerprint density at radius 1 is 1.04 bits per heavy atom. The summed E-state index contributed by atoms with van der Waals surface area (Å²) in [5.74, 6) is -1.32. The molecule has 0 aliphatic heterocycles. The predicted molar refractivity (Wildman–Crippen MR) is 98.4 cm³/mol. The summed E-state index contributed by atoms with van der Waals surface area (Å²) in [6.45, 7) is -0.469. The number of ether oxygens (including phenoxy) is 1. The molecule has 0 aliphatic carbocycles. The molecule has 4 amide bonds. The van der Waals surface area contributed by atoms with Gasteiger partial charge in [-0.1, -0.05) is 11.6 Å². The van der Waals surface area contributed by atoms with E-state index >= 15 is 0 Å². The molecule has 0 unspecified atom stereocenters. The number of urea groups is 1. The molecule has 28 heavy (non-hydrogen) atoms. The largest absolute Gasteiger partial charge is 0.467 e. The van der Waals surface area contributed by atoms with Gasteiger partial charge in [0.05, 0.1) is 19.2 Å². The number of rotatable bonds is 8. The first kappa shape index (κ1) is 21.0. The van der Waals surface area contributed by atoms with Crippen molar-refractivity contribution < 1.29 is 28.3 Å². The number of hydrogen-bond donors (Lipinski definition) is 3. The van der Waals surface area contributed by atoms with Crippen molar-refractivity contribution in [1.82, 2.24) is 16.0 Å². The van der Waals surface area contributed by atoms with E-state index in [2.05, 4.69) is 10.6 Å². The lowest BCUT2D eigenvalue weighted by Crippen LogP contribution is -2.41. The van der Waals surface area contributed by atoms with Crippen molar-refractivity contribution in [2.45, 2.75) is 13.0 Å². The minimum Gasteiger partial charge on any atom is -0.467 e. The smallest absolute Gasteiger partial charge is 0.321 e. The van der Waals surface area contributed by atoms with Crippen LogP contribution in [-0.4, -0.2) is 37.0 Å². The van der Waals surface area contributed by atoms with Crippen LogP contribution in [0.3, 0.4) is 0 Å². The average Bonchev–Trinajstić information content (AvgIpc) is 3.19. The van der Waals surface area contributed by atoms with E-state index in [0.717, 1.165) is 0 Å². The van der Waals surface area contributed by atoms with Gasteiger partial charge in [-0.3, -0.25) is 19.7 Å². The lowest BCUT2D eigenvalue weighted by molar-refractivity contribution is -0.148. The second-order valence-electron chi connectivity index (χ2n) is 5.48. The van der Waals surface area contributed by atoms with Crippen LogP contribution in [0.5, 0.6) is 0 Å². The van der Waals surface area contributed by atoms with Gasteiger partial charge in [0.1, 0.15) is 5.76 Å². The zero-order valence-corrected chi connectivity index (χ0v) is 15.5. The molecule has 0 atom stereocenters. The first-order chi connectivity index (χ1) is 13.4. The molecule has 0 saturated heterocycles. The van der Waals surface area contributed by atoms with Crippen molar-refractivity contribution >= 4 is 35.4 Å². The van der Waals surface area contributed by atoms with Gasteiger partial charge >= 0.3 is 12.0 Å². The van der Waals surface area contributed by atoms with Gasteiger partial charge in [0.15, 0.2) is 6.61 Å². The molecule has 148 valence electrons. The molecule has 0 bridgehead atoms. The SMILES string of the molecule is O=C(COC(=O)CCNC(=O)c1ccc(Cl)cc1)NC(=O)NCc1ccco1. The van der Waals surface area contributed by atoms with E-state index < -0.39 is 24.5 Å². The summed E-state index contributed by atoms with van der Waals surface area (Å²) in [5.41, 5.74) is 0.401. The number of carbonyl (C=O) groups is 4. The highest BCUT2D eigenvalue weighted by atomic mass is 35.5. The van der Waals surface area contributed by atoms with Crippen molar-refractivity contribution in [3.63, 3.8) is 0 Å². The van der Waals surface area contributed by atoms with E-state index in [1.54, 1.807) is 36.4 Å². The molecular formula is C18H18ClN3O6. The highest BCUT2D eigenvalue weighted by Crippen LogP contribution is 2.09. The topological polar surface area (TPSA) is 127 Å². The summed E-state index contributed by atoms with van der Waals surface area (Å²) >= 11 is 5.74. The number of carbonyl (C=O) groups excluding carboxylic acids is 4. The molecule has 2 aromatic rings. The third-order valence-electron chi connectivity index (χ3n) is 3.34. The second-order valence-corrected chi connectivity index (χ2v) is 5.92. The van der Waals surface area contributed by atoms with Crippen LogP contribution in [0.2, 0.25) is 5.02 Å². The standard InChI is InChI=1S/C18H18ClN3O6/c19-13-5-3-12(4-6-13)17(25)20-8-7-16(24)28-11-15(23)22-18(26)21-10-14-2-1-9-27-14/h1-6,9H,7-8,10-11H2,(H,20,25)(H2,21,22,23,26). The van der Waals surface area contributed by atoms with Crippen molar-refractivity contribution in [2.24, 2.45) is 0 Å². The Morgan fingerprint density at radius 2 is 1.79 bits per heavy atom. The van der Waals surface area contributed by atoms with Crippen LogP contribution in [0.4, 0.5) is 4.79 Å². The lowest BCUT2D eigenvalue weighted by Gasteiger charge is -2.07. The van der Waals surface area contributed by atoms with Crippen molar-refractivity contribution in [3.8, 4) is 0 Å². The number of esters is 1. The van der Waals surface area contributed by atoms with Gasteiger partial charge < -0.3 is 19.8 Å². The minimum absolute atomic E-state index is 0.0333. The Labute approximate surface area is 165 Å². The summed E-state index contributed by atoms with van der Waals surface area (Å²) in [6.07, 6.45) is 1.33. The molecule has 3 N–H and O–H groups in total. The van der Waals surface area contributed by atoms with Gasteiger partial charge in [-0.05, 0) is 36.4 Å². The van der Waals surface area contributed by atoms with Crippen LogP contribution in [0, 0.1) is 0 Å². The van der Waals surface area contributed by atoms with E-state index in [1.165, 1.54) is 6.26 Å². The maximum Gasteiger partial charge on any atom is 0.321 e. The molecule has 0 saturated carbocycles. The number of nitrogens with one attached hydrogen (secondary N) is 3. The Bertz CT molecular complexity index is 820. The van der Waals surface area contributed by atoms with Gasteiger partial charge in [0.25, 0.3) is 11.8 Å². The highest BCUT2D eigenvalue weighted by molar-refractivity contribution is 6.30. The molecule has 1 heterocycles. The molecule has 0 aliphatic rings. The first-order valence-corrected chi connectivity index (χ1v) is 8.61. The fraction of sp³-hybridized carbons (Fsp3) is 0.222. The maximum atomic E-state index is 11.9. The highest BCUT2D eigenvalue weighted by Gasteiger charge is 2.12. The monoisotopic (exact) mass is 407 g/mol. The lowest BCUT2D eigenvalue weighted by atomic mass is 10.2. The average molecular weight is 408 g/mol. The number of hydrogen-bond acceptors (Lipinski definition) is 6. The maximum absolute atomic E-state index is 11.9. The third-order valence-corrected chi connectivity index (χ3v) is 3.59. The van der Waals surface area contributed by atoms with Crippen LogP contribution < -0.4 is 16.0 Å². The second kappa shape index (κ2) is 10.7. The van der Waals surface area contributed by atoms with E-state index in [0.29, 0.717) is 16.3 Å². The van der Waals surface area contributed by atoms with Crippen LogP contribution in [0.1, 0.15) is 22.5 Å². The van der Waals surface area contributed by atoms with E-state index in [1.807, 2.05) is 5.32 Å². The molecule has 2 rings (SSSR count). The van der Waals surface area contributed by atoms with Crippen LogP contribution >= 0.6 is 11.6 Å². The summed E-state index contributed by atoms with van der Waals surface area (Å²) in [6, 6.07) is 8.84.